The molecule has 0 aromatic rings. The summed E-state index contributed by atoms with van der Waals surface area (Å²) in [6.07, 6.45) is 0. The molecule has 0 rings (SSSR count). The molecule has 0 radical (unpaired) electrons. The summed E-state index contributed by atoms with van der Waals surface area (Å²) < 4.78 is 3.13. The molecule has 3 heteroatoms. The van der Waals surface area contributed by atoms with Crippen LogP contribution in [0, 0.1) is 0 Å². The van der Waals surface area contributed by atoms with Crippen LogP contribution in [0.5, 0.6) is 0 Å². The number of rotatable bonds is 2. The summed E-state index contributed by atoms with van der Waals surface area (Å²) in [4.78, 5) is 0. The van der Waals surface area contributed by atoms with Crippen molar-refractivity contribution < 1.29 is 12.8 Å². The maximum atomic E-state index is 5.59. The van der Waals surface area contributed by atoms with Crippen molar-refractivity contribution in [3.8, 4) is 0 Å². The summed E-state index contributed by atoms with van der Waals surface area (Å²) in [6, 6.07) is 0. The van der Waals surface area contributed by atoms with Gasteiger partial charge in [-0.1, -0.05) is 0 Å². The Labute approximate surface area is 54.7 Å². The summed E-state index contributed by atoms with van der Waals surface area (Å²) in [5.74, 6) is 0. The molecule has 45 valence electrons. The van der Waals surface area contributed by atoms with Crippen molar-refractivity contribution in [1.82, 2.24) is 0 Å². The summed E-state index contributed by atoms with van der Waals surface area (Å²) in [6.45, 7) is 6.88. The molecule has 0 aromatic carbocycles. The Balaban J connectivity index is 3.82. The second-order valence-electron chi connectivity index (χ2n) is 0.722. The number of halogens is 2. The second kappa shape index (κ2) is 2.86. The Morgan fingerprint density at radius 2 is 1.43 bits per heavy atom. The van der Waals surface area contributed by atoms with Crippen molar-refractivity contribution in [1.29, 1.82) is 0 Å². The van der Waals surface area contributed by atoms with E-state index in [4.69, 9.17) is 19.4 Å². The third kappa shape index (κ3) is 3.28. The molecular formula is C4H6Cl2Rh. The second-order valence-corrected chi connectivity index (χ2v) is 9.97. The third-order valence-corrected chi connectivity index (χ3v) is 4.58. The molecule has 0 fully saturated rings. The molecule has 7 heavy (non-hydrogen) atoms. The van der Waals surface area contributed by atoms with Gasteiger partial charge in [0.05, 0.1) is 0 Å². The van der Waals surface area contributed by atoms with Crippen molar-refractivity contribution in [2.45, 2.75) is 0 Å². The molecule has 0 aliphatic heterocycles. The standard InChI is InChI=1S/2C2H3.2ClH.Rh/c2*1-2;;;/h2*1H,2H2;2*1H;/q;;;;+2/p-2. The van der Waals surface area contributed by atoms with E-state index in [9.17, 15) is 0 Å². The average Bonchev–Trinajstić information content (AvgIpc) is 1.68. The molecule has 0 atom stereocenters. The van der Waals surface area contributed by atoms with Gasteiger partial charge in [0.25, 0.3) is 0 Å². The fourth-order valence-electron chi connectivity index (χ4n) is 0.0556. The Morgan fingerprint density at radius 1 is 1.14 bits per heavy atom. The first-order chi connectivity index (χ1) is 3.12. The van der Waals surface area contributed by atoms with Gasteiger partial charge in [-0.2, -0.15) is 0 Å². The van der Waals surface area contributed by atoms with E-state index in [0.29, 0.717) is 0 Å². The van der Waals surface area contributed by atoms with Crippen LogP contribution in [-0.2, 0) is 12.8 Å². The zero-order valence-corrected chi connectivity index (χ0v) is 6.81. The molecule has 0 spiro atoms. The van der Waals surface area contributed by atoms with Gasteiger partial charge in [0.2, 0.25) is 0 Å². The minimum atomic E-state index is -2.37. The zero-order chi connectivity index (χ0) is 5.91. The van der Waals surface area contributed by atoms with Gasteiger partial charge in [0.15, 0.2) is 0 Å². The summed E-state index contributed by atoms with van der Waals surface area (Å²) in [5, 5.41) is 0. The Kier molecular flexibility index (Phi) is 3.14. The molecule has 0 nitrogen and oxygen atoms in total. The van der Waals surface area contributed by atoms with Crippen molar-refractivity contribution in [2.75, 3.05) is 0 Å². The van der Waals surface area contributed by atoms with Crippen LogP contribution in [0.2, 0.25) is 0 Å². The van der Waals surface area contributed by atoms with Crippen molar-refractivity contribution in [3.63, 3.8) is 0 Å². The summed E-state index contributed by atoms with van der Waals surface area (Å²) in [5.41, 5.74) is 0. The van der Waals surface area contributed by atoms with Crippen molar-refractivity contribution >= 4 is 19.4 Å². The molecule has 0 N–H and O–H groups in total. The molecule has 0 saturated carbocycles. The SMILES string of the molecule is C=[CH][Rh]([Cl])([Cl])[CH]=C. The van der Waals surface area contributed by atoms with E-state index in [1.54, 1.807) is 9.34 Å². The Hall–Kier alpha value is 0.683. The van der Waals surface area contributed by atoms with Gasteiger partial charge in [-0.3, -0.25) is 0 Å². The molecule has 0 heterocycles. The molecule has 0 aliphatic rings. The topological polar surface area (TPSA) is 0 Å². The van der Waals surface area contributed by atoms with E-state index in [1.165, 1.54) is 0 Å². The monoisotopic (exact) mass is 227 g/mol. The van der Waals surface area contributed by atoms with Crippen LogP contribution in [0.3, 0.4) is 0 Å². The van der Waals surface area contributed by atoms with Gasteiger partial charge in [0.1, 0.15) is 0 Å². The molecule has 0 amide bonds. The average molecular weight is 228 g/mol. The van der Waals surface area contributed by atoms with Crippen LogP contribution >= 0.6 is 19.4 Å². The number of hydrogen-bond donors (Lipinski definition) is 0. The van der Waals surface area contributed by atoms with E-state index < -0.39 is 12.8 Å². The van der Waals surface area contributed by atoms with E-state index in [2.05, 4.69) is 13.2 Å². The third-order valence-electron chi connectivity index (χ3n) is 0.363. The van der Waals surface area contributed by atoms with Gasteiger partial charge in [-0.15, -0.1) is 0 Å². The van der Waals surface area contributed by atoms with Crippen LogP contribution in [-0.4, -0.2) is 0 Å². The van der Waals surface area contributed by atoms with Gasteiger partial charge in [0, 0.05) is 0 Å². The van der Waals surface area contributed by atoms with Crippen LogP contribution in [0.25, 0.3) is 0 Å². The minimum absolute atomic E-state index is 1.57. The quantitative estimate of drug-likeness (QED) is 0.637. The van der Waals surface area contributed by atoms with Crippen LogP contribution in [0.4, 0.5) is 0 Å². The van der Waals surface area contributed by atoms with E-state index in [-0.39, 0.29) is 0 Å². The predicted molar refractivity (Wildman–Crippen MR) is 32.1 cm³/mol. The zero-order valence-electron chi connectivity index (χ0n) is 3.66. The molecule has 0 bridgehead atoms. The fourth-order valence-corrected chi connectivity index (χ4v) is 0.329. The first kappa shape index (κ1) is 7.68. The van der Waals surface area contributed by atoms with Crippen LogP contribution < -0.4 is 0 Å². The Bertz CT molecular complexity index is 77.7. The first-order valence-electron chi connectivity index (χ1n) is 1.45. The van der Waals surface area contributed by atoms with Gasteiger partial charge < -0.3 is 0 Å². The number of hydrogen-bond acceptors (Lipinski definition) is 0. The van der Waals surface area contributed by atoms with Crippen LogP contribution in [0.1, 0.15) is 0 Å². The van der Waals surface area contributed by atoms with Crippen LogP contribution in [0.15, 0.2) is 22.5 Å². The van der Waals surface area contributed by atoms with Gasteiger partial charge in [-0.25, -0.2) is 0 Å². The summed E-state index contributed by atoms with van der Waals surface area (Å²) >= 11 is -2.37. The van der Waals surface area contributed by atoms with Gasteiger partial charge in [-0.05, 0) is 0 Å². The van der Waals surface area contributed by atoms with E-state index in [1.807, 2.05) is 0 Å². The molecule has 0 aromatic heterocycles. The molecular weight excluding hydrogens is 222 g/mol. The van der Waals surface area contributed by atoms with Crippen molar-refractivity contribution in [2.24, 2.45) is 0 Å². The fraction of sp³-hybridized carbons (Fsp3) is 0. The van der Waals surface area contributed by atoms with E-state index in [0.717, 1.165) is 0 Å². The summed E-state index contributed by atoms with van der Waals surface area (Å²) in [7, 11) is 11.2. The van der Waals surface area contributed by atoms with Crippen molar-refractivity contribution in [3.05, 3.63) is 22.5 Å². The molecule has 0 aliphatic carbocycles. The Morgan fingerprint density at radius 3 is 1.43 bits per heavy atom. The molecule has 0 saturated heterocycles. The van der Waals surface area contributed by atoms with E-state index >= 15 is 0 Å². The maximum absolute atomic E-state index is 5.59. The molecule has 0 unspecified atom stereocenters. The first-order valence-corrected chi connectivity index (χ1v) is 7.57. The predicted octanol–water partition coefficient (Wildman–Crippen LogP) is 2.73. The normalized spacial score (nSPS) is 12.9. The van der Waals surface area contributed by atoms with Gasteiger partial charge >= 0.3 is 54.7 Å².